The molecule has 0 fully saturated rings. The normalized spacial score (nSPS) is 13.6. The van der Waals surface area contributed by atoms with Gasteiger partial charge in [-0.05, 0) is 42.8 Å². The molecular weight excluding hydrogens is 328 g/mol. The fourth-order valence-corrected chi connectivity index (χ4v) is 2.63. The van der Waals surface area contributed by atoms with Crippen LogP contribution < -0.4 is 5.32 Å². The van der Waals surface area contributed by atoms with Gasteiger partial charge in [-0.25, -0.2) is 13.8 Å². The summed E-state index contributed by atoms with van der Waals surface area (Å²) in [6.07, 6.45) is 0.486. The van der Waals surface area contributed by atoms with Crippen molar-refractivity contribution in [2.75, 3.05) is 0 Å². The van der Waals surface area contributed by atoms with Crippen LogP contribution in [0.1, 0.15) is 28.9 Å². The van der Waals surface area contributed by atoms with Gasteiger partial charge in [0.2, 0.25) is 0 Å². The van der Waals surface area contributed by atoms with Crippen LogP contribution in [0.5, 0.6) is 0 Å². The summed E-state index contributed by atoms with van der Waals surface area (Å²) >= 11 is 0. The lowest BCUT2D eigenvalue weighted by Gasteiger charge is -2.21. The molecule has 0 aliphatic heterocycles. The molecule has 7 heteroatoms. The summed E-state index contributed by atoms with van der Waals surface area (Å²) in [6, 6.07) is 7.55. The molecule has 3 rings (SSSR count). The molecule has 1 aromatic heterocycles. The molecule has 0 saturated carbocycles. The third-order valence-electron chi connectivity index (χ3n) is 4.11. The number of aromatic nitrogens is 2. The van der Waals surface area contributed by atoms with E-state index >= 15 is 0 Å². The van der Waals surface area contributed by atoms with Crippen LogP contribution in [0.3, 0.4) is 0 Å². The van der Waals surface area contributed by atoms with E-state index in [4.69, 9.17) is 0 Å². The molecule has 5 nitrogen and oxygen atoms in total. The number of nitrogens with one attached hydrogen (secondary N) is 1. The van der Waals surface area contributed by atoms with Gasteiger partial charge in [-0.2, -0.15) is 0 Å². The molecule has 0 saturated heterocycles. The lowest BCUT2D eigenvalue weighted by atomic mass is 10.0. The third kappa shape index (κ3) is 3.36. The standard InChI is InChI=1S/C18H17F2N3O2/c1-10(17(24)11-3-5-13(19)14(20)7-11)22-18(25)12-4-6-16-15(8-12)21-9-23(16)2/h3-10,17,24H,1-2H3,(H,22,25). The van der Waals surface area contributed by atoms with Crippen LogP contribution in [-0.4, -0.2) is 26.6 Å². The molecule has 0 bridgehead atoms. The zero-order valence-electron chi connectivity index (χ0n) is 13.7. The number of aryl methyl sites for hydroxylation is 1. The predicted molar refractivity (Wildman–Crippen MR) is 89.0 cm³/mol. The number of benzene rings is 2. The number of aliphatic hydroxyl groups excluding tert-OH is 1. The van der Waals surface area contributed by atoms with Gasteiger partial charge in [0.25, 0.3) is 5.91 Å². The maximum atomic E-state index is 13.3. The van der Waals surface area contributed by atoms with Crippen LogP contribution in [0.25, 0.3) is 11.0 Å². The van der Waals surface area contributed by atoms with Crippen LogP contribution in [0, 0.1) is 11.6 Å². The molecule has 2 atom stereocenters. The molecule has 130 valence electrons. The fourth-order valence-electron chi connectivity index (χ4n) is 2.63. The topological polar surface area (TPSA) is 67.2 Å². The first-order valence-electron chi connectivity index (χ1n) is 7.72. The Hall–Kier alpha value is -2.80. The number of rotatable bonds is 4. The number of amides is 1. The Morgan fingerprint density at radius 1 is 1.20 bits per heavy atom. The fraction of sp³-hybridized carbons (Fsp3) is 0.222. The number of nitrogens with zero attached hydrogens (tertiary/aromatic N) is 2. The lowest BCUT2D eigenvalue weighted by molar-refractivity contribution is 0.0851. The Kier molecular flexibility index (Phi) is 4.50. The van der Waals surface area contributed by atoms with Gasteiger partial charge in [-0.15, -0.1) is 0 Å². The second-order valence-corrected chi connectivity index (χ2v) is 5.94. The van der Waals surface area contributed by atoms with Crippen LogP contribution in [0.15, 0.2) is 42.7 Å². The summed E-state index contributed by atoms with van der Waals surface area (Å²) in [6.45, 7) is 1.59. The molecule has 3 aromatic rings. The summed E-state index contributed by atoms with van der Waals surface area (Å²) in [5, 5.41) is 12.9. The minimum Gasteiger partial charge on any atom is -0.386 e. The average molecular weight is 345 g/mol. The number of fused-ring (bicyclic) bond motifs is 1. The van der Waals surface area contributed by atoms with Crippen molar-refractivity contribution in [3.05, 3.63) is 65.5 Å². The maximum absolute atomic E-state index is 13.3. The summed E-state index contributed by atoms with van der Waals surface area (Å²) in [5.74, 6) is -2.42. The molecule has 2 N–H and O–H groups in total. The molecule has 0 radical (unpaired) electrons. The average Bonchev–Trinajstić information content (AvgIpc) is 2.97. The van der Waals surface area contributed by atoms with Crippen LogP contribution in [0.2, 0.25) is 0 Å². The number of hydrogen-bond acceptors (Lipinski definition) is 3. The summed E-state index contributed by atoms with van der Waals surface area (Å²) in [5.41, 5.74) is 2.16. The highest BCUT2D eigenvalue weighted by molar-refractivity contribution is 5.97. The van der Waals surface area contributed by atoms with E-state index in [2.05, 4.69) is 10.3 Å². The first-order chi connectivity index (χ1) is 11.9. The Bertz CT molecular complexity index is 939. The van der Waals surface area contributed by atoms with E-state index < -0.39 is 23.8 Å². The Balaban J connectivity index is 1.75. The van der Waals surface area contributed by atoms with Gasteiger partial charge in [-0.1, -0.05) is 6.07 Å². The van der Waals surface area contributed by atoms with E-state index in [1.54, 1.807) is 31.5 Å². The van der Waals surface area contributed by atoms with Crippen molar-refractivity contribution in [1.29, 1.82) is 0 Å². The van der Waals surface area contributed by atoms with E-state index in [0.29, 0.717) is 11.1 Å². The highest BCUT2D eigenvalue weighted by Crippen LogP contribution is 2.20. The second kappa shape index (κ2) is 6.60. The molecule has 1 heterocycles. The summed E-state index contributed by atoms with van der Waals surface area (Å²) < 4.78 is 28.1. The Morgan fingerprint density at radius 3 is 2.68 bits per heavy atom. The van der Waals surface area contributed by atoms with Crippen LogP contribution >= 0.6 is 0 Å². The minimum absolute atomic E-state index is 0.187. The van der Waals surface area contributed by atoms with E-state index in [9.17, 15) is 18.7 Å². The lowest BCUT2D eigenvalue weighted by Crippen LogP contribution is -2.37. The predicted octanol–water partition coefficient (Wildman–Crippen LogP) is 2.70. The molecule has 2 aromatic carbocycles. The number of hydrogen-bond donors (Lipinski definition) is 2. The third-order valence-corrected chi connectivity index (χ3v) is 4.11. The molecule has 2 unspecified atom stereocenters. The van der Waals surface area contributed by atoms with Crippen LogP contribution in [-0.2, 0) is 7.05 Å². The first kappa shape index (κ1) is 17.0. The van der Waals surface area contributed by atoms with Gasteiger partial charge >= 0.3 is 0 Å². The van der Waals surface area contributed by atoms with Crippen molar-refractivity contribution in [1.82, 2.24) is 14.9 Å². The number of carbonyl (C=O) groups excluding carboxylic acids is 1. The monoisotopic (exact) mass is 345 g/mol. The van der Waals surface area contributed by atoms with Gasteiger partial charge in [-0.3, -0.25) is 4.79 Å². The van der Waals surface area contributed by atoms with Crippen molar-refractivity contribution < 1.29 is 18.7 Å². The van der Waals surface area contributed by atoms with Crippen LogP contribution in [0.4, 0.5) is 8.78 Å². The van der Waals surface area contributed by atoms with Gasteiger partial charge < -0.3 is 15.0 Å². The second-order valence-electron chi connectivity index (χ2n) is 5.94. The van der Waals surface area contributed by atoms with Crippen molar-refractivity contribution in [3.63, 3.8) is 0 Å². The van der Waals surface area contributed by atoms with E-state index in [1.807, 2.05) is 11.6 Å². The molecule has 0 aliphatic rings. The number of halogens is 2. The van der Waals surface area contributed by atoms with Crippen molar-refractivity contribution in [3.8, 4) is 0 Å². The van der Waals surface area contributed by atoms with Gasteiger partial charge in [0.15, 0.2) is 11.6 Å². The van der Waals surface area contributed by atoms with Gasteiger partial charge in [0.1, 0.15) is 0 Å². The highest BCUT2D eigenvalue weighted by Gasteiger charge is 2.20. The number of aliphatic hydroxyl groups is 1. The molecule has 25 heavy (non-hydrogen) atoms. The molecule has 0 spiro atoms. The van der Waals surface area contributed by atoms with E-state index in [0.717, 1.165) is 17.6 Å². The number of carbonyl (C=O) groups is 1. The summed E-state index contributed by atoms with van der Waals surface area (Å²) in [4.78, 5) is 16.6. The van der Waals surface area contributed by atoms with Gasteiger partial charge in [0.05, 0.1) is 29.5 Å². The van der Waals surface area contributed by atoms with Crippen molar-refractivity contribution >= 4 is 16.9 Å². The SMILES string of the molecule is CC(NC(=O)c1ccc2c(c1)ncn2C)C(O)c1ccc(F)c(F)c1. The highest BCUT2D eigenvalue weighted by atomic mass is 19.2. The Morgan fingerprint density at radius 2 is 1.96 bits per heavy atom. The maximum Gasteiger partial charge on any atom is 0.251 e. The van der Waals surface area contributed by atoms with Gasteiger partial charge in [0, 0.05) is 12.6 Å². The quantitative estimate of drug-likeness (QED) is 0.764. The number of imidazole rings is 1. The first-order valence-corrected chi connectivity index (χ1v) is 7.72. The molecule has 1 amide bonds. The zero-order chi connectivity index (χ0) is 18.1. The largest absolute Gasteiger partial charge is 0.386 e. The minimum atomic E-state index is -1.17. The smallest absolute Gasteiger partial charge is 0.251 e. The van der Waals surface area contributed by atoms with Crippen molar-refractivity contribution in [2.45, 2.75) is 19.1 Å². The van der Waals surface area contributed by atoms with Crippen molar-refractivity contribution in [2.24, 2.45) is 7.05 Å². The van der Waals surface area contributed by atoms with E-state index in [-0.39, 0.29) is 11.5 Å². The zero-order valence-corrected chi connectivity index (χ0v) is 13.7. The molecule has 0 aliphatic carbocycles. The Labute approximate surface area is 142 Å². The van der Waals surface area contributed by atoms with E-state index in [1.165, 1.54) is 6.07 Å². The molecular formula is C18H17F2N3O2. The summed E-state index contributed by atoms with van der Waals surface area (Å²) in [7, 11) is 1.86.